The Balaban J connectivity index is 2.29. The van der Waals surface area contributed by atoms with E-state index in [4.69, 9.17) is 23.2 Å². The molecular weight excluding hydrogens is 195 g/mol. The van der Waals surface area contributed by atoms with Gasteiger partial charge in [-0.25, -0.2) is 0 Å². The van der Waals surface area contributed by atoms with Crippen LogP contribution < -0.4 is 5.32 Å². The number of nitrogens with one attached hydrogen (secondary N) is 1. The zero-order chi connectivity index (χ0) is 8.81. The number of nitrogens with zero attached hydrogens (tertiary/aromatic N) is 1. The topological polar surface area (TPSA) is 15.3 Å². The van der Waals surface area contributed by atoms with Gasteiger partial charge in [-0.2, -0.15) is 0 Å². The maximum Gasteiger partial charge on any atom is 0.0434 e. The lowest BCUT2D eigenvalue weighted by atomic mass is 10.4. The van der Waals surface area contributed by atoms with Gasteiger partial charge >= 0.3 is 0 Å². The van der Waals surface area contributed by atoms with E-state index in [2.05, 4.69) is 10.2 Å². The molecule has 0 aromatic rings. The third kappa shape index (κ3) is 3.76. The smallest absolute Gasteiger partial charge is 0.0434 e. The molecule has 0 spiro atoms. The van der Waals surface area contributed by atoms with Crippen LogP contribution in [0.15, 0.2) is 10.6 Å². The molecule has 0 bridgehead atoms. The Labute approximate surface area is 83.5 Å². The Bertz CT molecular complexity index is 151. The summed E-state index contributed by atoms with van der Waals surface area (Å²) < 4.78 is 0. The summed E-state index contributed by atoms with van der Waals surface area (Å²) in [5.41, 5.74) is 1.44. The van der Waals surface area contributed by atoms with Crippen LogP contribution in [0.4, 0.5) is 0 Å². The average Bonchev–Trinajstić information content (AvgIpc) is 2.33. The molecule has 0 atom stereocenters. The van der Waals surface area contributed by atoms with E-state index in [1.165, 1.54) is 12.0 Å². The SMILES string of the molecule is ClC=C(Cl)CN1CCCNCC1. The minimum atomic E-state index is 0.721. The largest absolute Gasteiger partial charge is 0.315 e. The van der Waals surface area contributed by atoms with Crippen molar-refractivity contribution >= 4 is 23.2 Å². The summed E-state index contributed by atoms with van der Waals surface area (Å²) in [6.45, 7) is 5.10. The summed E-state index contributed by atoms with van der Waals surface area (Å²) in [5.74, 6) is 0. The summed E-state index contributed by atoms with van der Waals surface area (Å²) in [5, 5.41) is 4.05. The fourth-order valence-electron chi connectivity index (χ4n) is 1.31. The molecule has 0 aliphatic carbocycles. The van der Waals surface area contributed by atoms with Crippen LogP contribution in [0.5, 0.6) is 0 Å². The fraction of sp³-hybridized carbons (Fsp3) is 0.750. The Hall–Kier alpha value is 0.240. The third-order valence-corrected chi connectivity index (χ3v) is 2.53. The molecule has 1 saturated heterocycles. The van der Waals surface area contributed by atoms with Crippen LogP contribution in [0, 0.1) is 0 Å². The van der Waals surface area contributed by atoms with Gasteiger partial charge in [0.25, 0.3) is 0 Å². The standard InChI is InChI=1S/C8H14Cl2N2/c9-6-8(10)7-12-4-1-2-11-3-5-12/h6,11H,1-5,7H2. The fourth-order valence-corrected chi connectivity index (χ4v) is 1.55. The maximum atomic E-state index is 5.82. The predicted octanol–water partition coefficient (Wildman–Crippen LogP) is 1.60. The van der Waals surface area contributed by atoms with Gasteiger partial charge in [-0.15, -0.1) is 0 Å². The molecule has 70 valence electrons. The summed E-state index contributed by atoms with van der Waals surface area (Å²) >= 11 is 11.3. The molecule has 1 fully saturated rings. The van der Waals surface area contributed by atoms with Crippen molar-refractivity contribution in [2.75, 3.05) is 32.7 Å². The van der Waals surface area contributed by atoms with Crippen LogP contribution in [-0.2, 0) is 0 Å². The van der Waals surface area contributed by atoms with E-state index < -0.39 is 0 Å². The molecular formula is C8H14Cl2N2. The number of hydrogen-bond donors (Lipinski definition) is 1. The quantitative estimate of drug-likeness (QED) is 0.743. The van der Waals surface area contributed by atoms with Crippen molar-refractivity contribution < 1.29 is 0 Å². The van der Waals surface area contributed by atoms with E-state index in [1.807, 2.05) is 0 Å². The van der Waals surface area contributed by atoms with Gasteiger partial charge in [-0.3, -0.25) is 4.90 Å². The second-order valence-corrected chi connectivity index (χ2v) is 3.64. The highest BCUT2D eigenvalue weighted by Gasteiger charge is 2.08. The summed E-state index contributed by atoms with van der Waals surface area (Å²) in [4.78, 5) is 2.31. The summed E-state index contributed by atoms with van der Waals surface area (Å²) in [6.07, 6.45) is 1.19. The first kappa shape index (κ1) is 10.3. The molecule has 1 heterocycles. The maximum absolute atomic E-state index is 5.82. The molecule has 12 heavy (non-hydrogen) atoms. The first-order valence-corrected chi connectivity index (χ1v) is 5.02. The lowest BCUT2D eigenvalue weighted by Crippen LogP contribution is -2.29. The molecule has 1 aliphatic heterocycles. The molecule has 0 amide bonds. The molecule has 2 nitrogen and oxygen atoms in total. The van der Waals surface area contributed by atoms with Crippen LogP contribution in [0.2, 0.25) is 0 Å². The number of hydrogen-bond acceptors (Lipinski definition) is 2. The first-order valence-electron chi connectivity index (χ1n) is 4.21. The van der Waals surface area contributed by atoms with Crippen molar-refractivity contribution in [2.24, 2.45) is 0 Å². The van der Waals surface area contributed by atoms with Crippen LogP contribution in [0.3, 0.4) is 0 Å². The average molecular weight is 209 g/mol. The molecule has 1 aliphatic rings. The van der Waals surface area contributed by atoms with E-state index in [0.29, 0.717) is 0 Å². The van der Waals surface area contributed by atoms with Crippen molar-refractivity contribution in [2.45, 2.75) is 6.42 Å². The number of rotatable bonds is 2. The minimum absolute atomic E-state index is 0.721. The molecule has 0 unspecified atom stereocenters. The van der Waals surface area contributed by atoms with Gasteiger partial charge in [0.2, 0.25) is 0 Å². The second kappa shape index (κ2) is 5.81. The lowest BCUT2D eigenvalue weighted by molar-refractivity contribution is 0.322. The van der Waals surface area contributed by atoms with Crippen LogP contribution in [-0.4, -0.2) is 37.6 Å². The van der Waals surface area contributed by atoms with E-state index in [-0.39, 0.29) is 0 Å². The highest BCUT2D eigenvalue weighted by atomic mass is 35.5. The van der Waals surface area contributed by atoms with E-state index in [0.717, 1.165) is 37.8 Å². The van der Waals surface area contributed by atoms with Crippen LogP contribution >= 0.6 is 23.2 Å². The van der Waals surface area contributed by atoms with Crippen LogP contribution in [0.25, 0.3) is 0 Å². The van der Waals surface area contributed by atoms with Gasteiger partial charge in [0.1, 0.15) is 0 Å². The zero-order valence-corrected chi connectivity index (χ0v) is 8.53. The van der Waals surface area contributed by atoms with E-state index >= 15 is 0 Å². The van der Waals surface area contributed by atoms with E-state index in [1.54, 1.807) is 0 Å². The predicted molar refractivity (Wildman–Crippen MR) is 53.7 cm³/mol. The molecule has 0 radical (unpaired) electrons. The van der Waals surface area contributed by atoms with Crippen molar-refractivity contribution in [3.63, 3.8) is 0 Å². The Morgan fingerprint density at radius 2 is 2.25 bits per heavy atom. The Morgan fingerprint density at radius 1 is 1.42 bits per heavy atom. The van der Waals surface area contributed by atoms with Gasteiger partial charge in [-0.1, -0.05) is 23.2 Å². The zero-order valence-electron chi connectivity index (χ0n) is 7.02. The van der Waals surface area contributed by atoms with Gasteiger partial charge in [0, 0.05) is 30.2 Å². The minimum Gasteiger partial charge on any atom is -0.315 e. The monoisotopic (exact) mass is 208 g/mol. The van der Waals surface area contributed by atoms with Crippen molar-refractivity contribution in [3.05, 3.63) is 10.6 Å². The molecule has 4 heteroatoms. The molecule has 1 rings (SSSR count). The van der Waals surface area contributed by atoms with Crippen molar-refractivity contribution in [1.29, 1.82) is 0 Å². The number of halogens is 2. The molecule has 0 saturated carbocycles. The van der Waals surface area contributed by atoms with Gasteiger partial charge in [0.15, 0.2) is 0 Å². The Kier molecular flexibility index (Phi) is 5.00. The Morgan fingerprint density at radius 3 is 3.00 bits per heavy atom. The third-order valence-electron chi connectivity index (χ3n) is 1.93. The molecule has 0 aromatic heterocycles. The van der Waals surface area contributed by atoms with Gasteiger partial charge in [0.05, 0.1) is 0 Å². The van der Waals surface area contributed by atoms with Gasteiger partial charge in [-0.05, 0) is 19.5 Å². The summed E-state index contributed by atoms with van der Waals surface area (Å²) in [7, 11) is 0. The van der Waals surface area contributed by atoms with E-state index in [9.17, 15) is 0 Å². The van der Waals surface area contributed by atoms with Crippen molar-refractivity contribution in [3.8, 4) is 0 Å². The van der Waals surface area contributed by atoms with Gasteiger partial charge < -0.3 is 5.32 Å². The molecule has 0 aromatic carbocycles. The summed E-state index contributed by atoms with van der Waals surface area (Å²) in [6, 6.07) is 0. The highest BCUT2D eigenvalue weighted by Crippen LogP contribution is 2.07. The highest BCUT2D eigenvalue weighted by molar-refractivity contribution is 6.36. The lowest BCUT2D eigenvalue weighted by Gasteiger charge is -2.18. The first-order chi connectivity index (χ1) is 5.83. The van der Waals surface area contributed by atoms with Crippen molar-refractivity contribution in [1.82, 2.24) is 10.2 Å². The normalized spacial score (nSPS) is 22.3. The second-order valence-electron chi connectivity index (χ2n) is 2.94. The van der Waals surface area contributed by atoms with Crippen LogP contribution in [0.1, 0.15) is 6.42 Å². The molecule has 1 N–H and O–H groups in total.